The molecule has 1 aromatic rings. The first-order valence-corrected chi connectivity index (χ1v) is 8.28. The molecule has 0 fully saturated rings. The Bertz CT molecular complexity index is 580. The zero-order valence-electron chi connectivity index (χ0n) is 12.4. The van der Waals surface area contributed by atoms with E-state index in [4.69, 9.17) is 0 Å². The number of para-hydroxylation sites is 1. The second-order valence-corrected chi connectivity index (χ2v) is 8.15. The molecule has 0 aliphatic carbocycles. The molecule has 5 nitrogen and oxygen atoms in total. The van der Waals surface area contributed by atoms with Crippen LogP contribution in [0.4, 0.5) is 5.69 Å². The van der Waals surface area contributed by atoms with Gasteiger partial charge in [-0.1, -0.05) is 18.2 Å². The number of aryl methyl sites for hydroxylation is 1. The van der Waals surface area contributed by atoms with Gasteiger partial charge in [0.15, 0.2) is 9.84 Å². The molecule has 0 atom stereocenters. The molecule has 0 aliphatic heterocycles. The normalized spacial score (nSPS) is 12.2. The minimum atomic E-state index is -3.16. The van der Waals surface area contributed by atoms with Crippen LogP contribution in [0, 0.1) is 6.92 Å². The summed E-state index contributed by atoms with van der Waals surface area (Å²) < 4.78 is 22.2. The molecule has 2 N–H and O–H groups in total. The van der Waals surface area contributed by atoms with Crippen molar-refractivity contribution in [2.24, 2.45) is 0 Å². The molecule has 20 heavy (non-hydrogen) atoms. The molecule has 0 heterocycles. The molecule has 0 aliphatic rings. The summed E-state index contributed by atoms with van der Waals surface area (Å²) in [5.74, 6) is -0.191. The highest BCUT2D eigenvalue weighted by Crippen LogP contribution is 2.14. The molecule has 0 saturated carbocycles. The number of carbonyl (C=O) groups is 1. The van der Waals surface area contributed by atoms with Crippen LogP contribution in [0.2, 0.25) is 0 Å². The SMILES string of the molecule is Cc1ccccc1NC(=O)CNCC(C)(C)S(C)(=O)=O. The van der Waals surface area contributed by atoms with Crippen LogP contribution in [0.25, 0.3) is 0 Å². The van der Waals surface area contributed by atoms with E-state index in [1.54, 1.807) is 13.8 Å². The fraction of sp³-hybridized carbons (Fsp3) is 0.500. The van der Waals surface area contributed by atoms with Gasteiger partial charge in [0.25, 0.3) is 0 Å². The smallest absolute Gasteiger partial charge is 0.238 e. The van der Waals surface area contributed by atoms with E-state index < -0.39 is 14.6 Å². The van der Waals surface area contributed by atoms with Crippen molar-refractivity contribution in [1.29, 1.82) is 0 Å². The van der Waals surface area contributed by atoms with Gasteiger partial charge in [-0.15, -0.1) is 0 Å². The lowest BCUT2D eigenvalue weighted by atomic mass is 10.2. The molecule has 0 unspecified atom stereocenters. The van der Waals surface area contributed by atoms with Crippen LogP contribution in [0.5, 0.6) is 0 Å². The fourth-order valence-corrected chi connectivity index (χ4v) is 1.88. The topological polar surface area (TPSA) is 75.3 Å². The molecule has 112 valence electrons. The van der Waals surface area contributed by atoms with Crippen molar-refractivity contribution in [2.45, 2.75) is 25.5 Å². The van der Waals surface area contributed by atoms with Gasteiger partial charge in [0.1, 0.15) is 0 Å². The minimum Gasteiger partial charge on any atom is -0.325 e. The first-order valence-electron chi connectivity index (χ1n) is 6.39. The third-order valence-corrected chi connectivity index (χ3v) is 5.41. The summed E-state index contributed by atoms with van der Waals surface area (Å²) in [6.45, 7) is 5.49. The van der Waals surface area contributed by atoms with E-state index in [9.17, 15) is 13.2 Å². The number of hydrogen-bond donors (Lipinski definition) is 2. The van der Waals surface area contributed by atoms with Gasteiger partial charge in [0.05, 0.1) is 11.3 Å². The van der Waals surface area contributed by atoms with E-state index in [0.29, 0.717) is 0 Å². The third-order valence-electron chi connectivity index (χ3n) is 3.26. The molecule has 1 aromatic carbocycles. The zero-order valence-corrected chi connectivity index (χ0v) is 13.2. The molecule has 1 amide bonds. The summed E-state index contributed by atoms with van der Waals surface area (Å²) in [6, 6.07) is 7.49. The Labute approximate surface area is 120 Å². The van der Waals surface area contributed by atoms with Crippen molar-refractivity contribution in [3.8, 4) is 0 Å². The fourth-order valence-electron chi connectivity index (χ4n) is 1.52. The van der Waals surface area contributed by atoms with Crippen LogP contribution in [0.1, 0.15) is 19.4 Å². The molecular formula is C14H22N2O3S. The van der Waals surface area contributed by atoms with Crippen molar-refractivity contribution >= 4 is 21.4 Å². The van der Waals surface area contributed by atoms with Gasteiger partial charge in [-0.3, -0.25) is 4.79 Å². The maximum atomic E-state index is 11.8. The Hall–Kier alpha value is -1.40. The zero-order chi connectivity index (χ0) is 15.4. The highest BCUT2D eigenvalue weighted by atomic mass is 32.2. The van der Waals surface area contributed by atoms with Crippen molar-refractivity contribution < 1.29 is 13.2 Å². The van der Waals surface area contributed by atoms with Crippen LogP contribution in [-0.4, -0.2) is 38.4 Å². The van der Waals surface area contributed by atoms with Crippen molar-refractivity contribution in [3.63, 3.8) is 0 Å². The summed E-state index contributed by atoms with van der Waals surface area (Å²) in [6.07, 6.45) is 1.20. The number of benzene rings is 1. The molecule has 0 aromatic heterocycles. The summed E-state index contributed by atoms with van der Waals surface area (Å²) in [5, 5.41) is 5.66. The van der Waals surface area contributed by atoms with Gasteiger partial charge in [-0.05, 0) is 32.4 Å². The molecule has 1 rings (SSSR count). The van der Waals surface area contributed by atoms with E-state index >= 15 is 0 Å². The third kappa shape index (κ3) is 4.61. The highest BCUT2D eigenvalue weighted by molar-refractivity contribution is 7.92. The van der Waals surface area contributed by atoms with E-state index in [1.807, 2.05) is 31.2 Å². The first kappa shape index (κ1) is 16.7. The summed E-state index contributed by atoms with van der Waals surface area (Å²) in [4.78, 5) is 11.8. The second kappa shape index (κ2) is 6.37. The maximum absolute atomic E-state index is 11.8. The van der Waals surface area contributed by atoms with Crippen molar-refractivity contribution in [3.05, 3.63) is 29.8 Å². The van der Waals surface area contributed by atoms with Crippen LogP contribution in [-0.2, 0) is 14.6 Å². The predicted molar refractivity (Wildman–Crippen MR) is 81.6 cm³/mol. The van der Waals surface area contributed by atoms with Crippen LogP contribution < -0.4 is 10.6 Å². The van der Waals surface area contributed by atoms with Gasteiger partial charge in [-0.25, -0.2) is 8.42 Å². The quantitative estimate of drug-likeness (QED) is 0.831. The Balaban J connectivity index is 2.48. The second-order valence-electron chi connectivity index (χ2n) is 5.50. The van der Waals surface area contributed by atoms with Crippen molar-refractivity contribution in [1.82, 2.24) is 5.32 Å². The Morgan fingerprint density at radius 3 is 2.40 bits per heavy atom. The number of nitrogens with one attached hydrogen (secondary N) is 2. The van der Waals surface area contributed by atoms with Gasteiger partial charge in [0, 0.05) is 18.5 Å². The lowest BCUT2D eigenvalue weighted by Gasteiger charge is -2.22. The van der Waals surface area contributed by atoms with E-state index in [2.05, 4.69) is 10.6 Å². The highest BCUT2D eigenvalue weighted by Gasteiger charge is 2.29. The molecule has 0 radical (unpaired) electrons. The van der Waals surface area contributed by atoms with E-state index in [-0.39, 0.29) is 19.0 Å². The molecule has 0 saturated heterocycles. The average molecular weight is 298 g/mol. The Morgan fingerprint density at radius 2 is 1.85 bits per heavy atom. The van der Waals surface area contributed by atoms with Gasteiger partial charge in [0.2, 0.25) is 5.91 Å². The summed E-state index contributed by atoms with van der Waals surface area (Å²) in [7, 11) is -3.16. The predicted octanol–water partition coefficient (Wildman–Crippen LogP) is 1.35. The number of amides is 1. The molecular weight excluding hydrogens is 276 g/mol. The van der Waals surface area contributed by atoms with Crippen LogP contribution in [0.15, 0.2) is 24.3 Å². The molecule has 0 spiro atoms. The molecule has 6 heteroatoms. The standard InChI is InChI=1S/C14H22N2O3S/c1-11-7-5-6-8-12(11)16-13(17)9-15-10-14(2,3)20(4,18)19/h5-8,15H,9-10H2,1-4H3,(H,16,17). The number of carbonyl (C=O) groups excluding carboxylic acids is 1. The lowest BCUT2D eigenvalue weighted by Crippen LogP contribution is -2.43. The van der Waals surface area contributed by atoms with Crippen molar-refractivity contribution in [2.75, 3.05) is 24.7 Å². The Morgan fingerprint density at radius 1 is 1.25 bits per heavy atom. The van der Waals surface area contributed by atoms with E-state index in [0.717, 1.165) is 11.3 Å². The number of hydrogen-bond acceptors (Lipinski definition) is 4. The van der Waals surface area contributed by atoms with Crippen LogP contribution in [0.3, 0.4) is 0 Å². The summed E-state index contributed by atoms with van der Waals surface area (Å²) in [5.41, 5.74) is 1.75. The lowest BCUT2D eigenvalue weighted by molar-refractivity contribution is -0.115. The first-order chi connectivity index (χ1) is 9.13. The van der Waals surface area contributed by atoms with Gasteiger partial charge in [-0.2, -0.15) is 0 Å². The number of anilines is 1. The number of sulfone groups is 1. The summed E-state index contributed by atoms with van der Waals surface area (Å²) >= 11 is 0. The van der Waals surface area contributed by atoms with Crippen LogP contribution >= 0.6 is 0 Å². The monoisotopic (exact) mass is 298 g/mol. The number of rotatable bonds is 6. The Kier molecular flexibility index (Phi) is 5.30. The van der Waals surface area contributed by atoms with E-state index in [1.165, 1.54) is 6.26 Å². The average Bonchev–Trinajstić information content (AvgIpc) is 2.30. The largest absolute Gasteiger partial charge is 0.325 e. The minimum absolute atomic E-state index is 0.0767. The maximum Gasteiger partial charge on any atom is 0.238 e. The van der Waals surface area contributed by atoms with Gasteiger partial charge < -0.3 is 10.6 Å². The molecule has 0 bridgehead atoms. The van der Waals surface area contributed by atoms with Gasteiger partial charge >= 0.3 is 0 Å².